The number of hydrogen-bond acceptors (Lipinski definition) is 5. The minimum Gasteiger partial charge on any atom is -0.481 e. The maximum atomic E-state index is 10.8. The van der Waals surface area contributed by atoms with E-state index in [1.807, 2.05) is 6.92 Å². The molecule has 0 bridgehead atoms. The molecule has 2 rings (SSSR count). The van der Waals surface area contributed by atoms with E-state index < -0.39 is 11.9 Å². The van der Waals surface area contributed by atoms with Crippen LogP contribution in [0.4, 0.5) is 0 Å². The van der Waals surface area contributed by atoms with Crippen LogP contribution in [0, 0.1) is 5.92 Å². The average Bonchev–Trinajstić information content (AvgIpc) is 2.93. The molecule has 1 aliphatic heterocycles. The molecule has 1 saturated heterocycles. The molecule has 0 amide bonds. The van der Waals surface area contributed by atoms with Gasteiger partial charge in [0.15, 0.2) is 5.82 Å². The highest BCUT2D eigenvalue weighted by molar-refractivity contribution is 5.69. The van der Waals surface area contributed by atoms with Gasteiger partial charge in [0, 0.05) is 6.54 Å². The lowest BCUT2D eigenvalue weighted by Gasteiger charge is -2.12. The molecule has 1 fully saturated rings. The van der Waals surface area contributed by atoms with Crippen molar-refractivity contribution in [2.75, 3.05) is 0 Å². The van der Waals surface area contributed by atoms with Crippen LogP contribution in [0.2, 0.25) is 0 Å². The van der Waals surface area contributed by atoms with Gasteiger partial charge in [0.2, 0.25) is 0 Å². The van der Waals surface area contributed by atoms with Gasteiger partial charge in [-0.3, -0.25) is 4.79 Å². The number of carboxylic acid groups (broad SMARTS) is 1. The van der Waals surface area contributed by atoms with Crippen molar-refractivity contribution >= 4 is 5.97 Å². The van der Waals surface area contributed by atoms with Gasteiger partial charge in [-0.05, 0) is 36.6 Å². The first kappa shape index (κ1) is 12.9. The van der Waals surface area contributed by atoms with E-state index in [0.717, 1.165) is 12.8 Å². The van der Waals surface area contributed by atoms with Gasteiger partial charge in [-0.25, -0.2) is 4.68 Å². The van der Waals surface area contributed by atoms with Crippen molar-refractivity contribution in [3.8, 4) is 0 Å². The first-order valence-electron chi connectivity index (χ1n) is 6.22. The number of rotatable bonds is 5. The molecular weight excluding hydrogens is 236 g/mol. The fraction of sp³-hybridized carbons (Fsp3) is 0.818. The summed E-state index contributed by atoms with van der Waals surface area (Å²) in [5, 5.41) is 20.4. The Morgan fingerprint density at radius 2 is 2.39 bits per heavy atom. The van der Waals surface area contributed by atoms with Gasteiger partial charge >= 0.3 is 5.97 Å². The third-order valence-electron chi connectivity index (χ3n) is 3.28. The highest BCUT2D eigenvalue weighted by atomic mass is 16.5. The number of ether oxygens (including phenoxy) is 1. The Balaban J connectivity index is 1.97. The molecule has 0 aliphatic carbocycles. The van der Waals surface area contributed by atoms with Gasteiger partial charge in [0.05, 0.1) is 12.0 Å². The fourth-order valence-electron chi connectivity index (χ4n) is 2.03. The van der Waals surface area contributed by atoms with Crippen LogP contribution < -0.4 is 0 Å². The molecule has 0 aromatic carbocycles. The fourth-order valence-corrected chi connectivity index (χ4v) is 2.03. The molecule has 0 spiro atoms. The summed E-state index contributed by atoms with van der Waals surface area (Å²) in [6.07, 6.45) is 2.60. The lowest BCUT2D eigenvalue weighted by atomic mass is 10.1. The Hall–Kier alpha value is -1.50. The van der Waals surface area contributed by atoms with E-state index in [1.54, 1.807) is 11.6 Å². The third-order valence-corrected chi connectivity index (χ3v) is 3.28. The molecule has 1 aromatic heterocycles. The van der Waals surface area contributed by atoms with Crippen molar-refractivity contribution in [1.29, 1.82) is 0 Å². The predicted octanol–water partition coefficient (Wildman–Crippen LogP) is 1.02. The molecule has 3 atom stereocenters. The number of aryl methyl sites for hydroxylation is 1. The van der Waals surface area contributed by atoms with Crippen LogP contribution in [0.15, 0.2) is 0 Å². The molecule has 1 aliphatic rings. The van der Waals surface area contributed by atoms with E-state index in [2.05, 4.69) is 15.5 Å². The van der Waals surface area contributed by atoms with E-state index in [9.17, 15) is 4.79 Å². The van der Waals surface area contributed by atoms with Crippen molar-refractivity contribution in [2.45, 2.75) is 51.9 Å². The SMILES string of the molecule is CC1CCC(c2nnnn2CCC(C)C(=O)O)O1. The largest absolute Gasteiger partial charge is 0.481 e. The number of carbonyl (C=O) groups is 1. The normalized spacial score (nSPS) is 25.2. The van der Waals surface area contributed by atoms with Crippen molar-refractivity contribution < 1.29 is 14.6 Å². The van der Waals surface area contributed by atoms with E-state index in [0.29, 0.717) is 18.8 Å². The molecule has 0 saturated carbocycles. The van der Waals surface area contributed by atoms with E-state index in [1.165, 1.54) is 0 Å². The molecule has 2 heterocycles. The standard InChI is InChI=1S/C11H18N4O3/c1-7(11(16)17)5-6-15-10(12-13-14-15)9-4-3-8(2)18-9/h7-9H,3-6H2,1-2H3,(H,16,17). The van der Waals surface area contributed by atoms with Gasteiger partial charge in [-0.15, -0.1) is 5.10 Å². The van der Waals surface area contributed by atoms with Gasteiger partial charge < -0.3 is 9.84 Å². The molecule has 7 heteroatoms. The number of aliphatic carboxylic acids is 1. The Labute approximate surface area is 105 Å². The maximum absolute atomic E-state index is 10.8. The van der Waals surface area contributed by atoms with E-state index >= 15 is 0 Å². The number of tetrazole rings is 1. The quantitative estimate of drug-likeness (QED) is 0.843. The summed E-state index contributed by atoms with van der Waals surface area (Å²) in [6, 6.07) is 0. The molecule has 100 valence electrons. The van der Waals surface area contributed by atoms with Crippen LogP contribution in [-0.2, 0) is 16.1 Å². The minimum absolute atomic E-state index is 0.0601. The number of nitrogens with zero attached hydrogens (tertiary/aromatic N) is 4. The monoisotopic (exact) mass is 254 g/mol. The van der Waals surface area contributed by atoms with Crippen LogP contribution in [0.25, 0.3) is 0 Å². The maximum Gasteiger partial charge on any atom is 0.306 e. The first-order valence-corrected chi connectivity index (χ1v) is 6.22. The summed E-state index contributed by atoms with van der Waals surface area (Å²) >= 11 is 0. The summed E-state index contributed by atoms with van der Waals surface area (Å²) in [5.74, 6) is -0.488. The zero-order valence-corrected chi connectivity index (χ0v) is 10.6. The molecular formula is C11H18N4O3. The zero-order chi connectivity index (χ0) is 13.1. The predicted molar refractivity (Wildman–Crippen MR) is 61.8 cm³/mol. The van der Waals surface area contributed by atoms with Crippen LogP contribution in [0.1, 0.15) is 45.0 Å². The number of aromatic nitrogens is 4. The third kappa shape index (κ3) is 2.84. The lowest BCUT2D eigenvalue weighted by Crippen LogP contribution is -2.16. The van der Waals surface area contributed by atoms with Crippen LogP contribution >= 0.6 is 0 Å². The van der Waals surface area contributed by atoms with Crippen molar-refractivity contribution in [3.05, 3.63) is 5.82 Å². The molecule has 0 radical (unpaired) electrons. The summed E-state index contributed by atoms with van der Waals surface area (Å²) in [4.78, 5) is 10.8. The van der Waals surface area contributed by atoms with Crippen LogP contribution in [0.3, 0.4) is 0 Å². The Morgan fingerprint density at radius 1 is 1.61 bits per heavy atom. The number of hydrogen-bond donors (Lipinski definition) is 1. The summed E-state index contributed by atoms with van der Waals surface area (Å²) in [6.45, 7) is 4.21. The second-order valence-corrected chi connectivity index (χ2v) is 4.80. The highest BCUT2D eigenvalue weighted by Gasteiger charge is 2.28. The summed E-state index contributed by atoms with van der Waals surface area (Å²) in [7, 11) is 0. The molecule has 18 heavy (non-hydrogen) atoms. The van der Waals surface area contributed by atoms with Gasteiger partial charge in [-0.1, -0.05) is 6.92 Å². The molecule has 3 unspecified atom stereocenters. The summed E-state index contributed by atoms with van der Waals surface area (Å²) < 4.78 is 7.38. The molecule has 7 nitrogen and oxygen atoms in total. The van der Waals surface area contributed by atoms with Crippen molar-refractivity contribution in [1.82, 2.24) is 20.2 Å². The smallest absolute Gasteiger partial charge is 0.306 e. The molecule has 1 aromatic rings. The highest BCUT2D eigenvalue weighted by Crippen LogP contribution is 2.30. The van der Waals surface area contributed by atoms with E-state index in [-0.39, 0.29) is 12.2 Å². The Morgan fingerprint density at radius 3 is 3.00 bits per heavy atom. The Bertz CT molecular complexity index is 420. The summed E-state index contributed by atoms with van der Waals surface area (Å²) in [5.41, 5.74) is 0. The second-order valence-electron chi connectivity index (χ2n) is 4.80. The zero-order valence-electron chi connectivity index (χ0n) is 10.6. The second kappa shape index (κ2) is 5.43. The lowest BCUT2D eigenvalue weighted by molar-refractivity contribution is -0.141. The number of carboxylic acids is 1. The van der Waals surface area contributed by atoms with Gasteiger partial charge in [0.1, 0.15) is 6.10 Å². The molecule has 1 N–H and O–H groups in total. The van der Waals surface area contributed by atoms with Gasteiger partial charge in [0.25, 0.3) is 0 Å². The average molecular weight is 254 g/mol. The van der Waals surface area contributed by atoms with Crippen molar-refractivity contribution in [3.63, 3.8) is 0 Å². The van der Waals surface area contributed by atoms with Crippen molar-refractivity contribution in [2.24, 2.45) is 5.92 Å². The van der Waals surface area contributed by atoms with Crippen LogP contribution in [-0.4, -0.2) is 37.4 Å². The van der Waals surface area contributed by atoms with E-state index in [4.69, 9.17) is 9.84 Å². The van der Waals surface area contributed by atoms with Crippen LogP contribution in [0.5, 0.6) is 0 Å². The Kier molecular flexibility index (Phi) is 3.90. The topological polar surface area (TPSA) is 90.1 Å². The van der Waals surface area contributed by atoms with Gasteiger partial charge in [-0.2, -0.15) is 0 Å². The first-order chi connectivity index (χ1) is 8.58. The minimum atomic E-state index is -0.796.